The van der Waals surface area contributed by atoms with Gasteiger partial charge in [0.25, 0.3) is 0 Å². The summed E-state index contributed by atoms with van der Waals surface area (Å²) in [7, 11) is 0. The molecule has 0 N–H and O–H groups in total. The average Bonchev–Trinajstić information content (AvgIpc) is 2.01. The van der Waals surface area contributed by atoms with E-state index in [0.717, 1.165) is 12.8 Å². The van der Waals surface area contributed by atoms with Gasteiger partial charge in [0.15, 0.2) is 0 Å². The number of rotatable bonds is 4. The zero-order chi connectivity index (χ0) is 10.6. The summed E-state index contributed by atoms with van der Waals surface area (Å²) in [4.78, 5) is 21.1. The van der Waals surface area contributed by atoms with Crippen molar-refractivity contribution in [1.82, 2.24) is 0 Å². The van der Waals surface area contributed by atoms with Crippen molar-refractivity contribution in [1.29, 1.82) is 0 Å². The maximum atomic E-state index is 10.6. The molecule has 1 fully saturated rings. The first-order chi connectivity index (χ1) is 6.59. The third-order valence-electron chi connectivity index (χ3n) is 2.58. The summed E-state index contributed by atoms with van der Waals surface area (Å²) in [6.45, 7) is 3.72. The zero-order valence-electron chi connectivity index (χ0n) is 8.62. The van der Waals surface area contributed by atoms with E-state index in [0.29, 0.717) is 25.0 Å². The van der Waals surface area contributed by atoms with E-state index in [1.54, 1.807) is 0 Å². The fourth-order valence-electron chi connectivity index (χ4n) is 1.53. The first kappa shape index (κ1) is 11.0. The van der Waals surface area contributed by atoms with Gasteiger partial charge < -0.3 is 9.47 Å². The van der Waals surface area contributed by atoms with Crippen LogP contribution < -0.4 is 0 Å². The van der Waals surface area contributed by atoms with Gasteiger partial charge in [0.1, 0.15) is 0 Å². The van der Waals surface area contributed by atoms with Crippen molar-refractivity contribution in [2.45, 2.75) is 26.7 Å². The van der Waals surface area contributed by atoms with Crippen molar-refractivity contribution >= 4 is 11.9 Å². The number of hydrogen-bond acceptors (Lipinski definition) is 4. The predicted octanol–water partition coefficient (Wildman–Crippen LogP) is 1.14. The van der Waals surface area contributed by atoms with Gasteiger partial charge >= 0.3 is 11.9 Å². The molecule has 0 bridgehead atoms. The van der Waals surface area contributed by atoms with Gasteiger partial charge in [0.05, 0.1) is 13.2 Å². The Kier molecular flexibility index (Phi) is 3.92. The Balaban J connectivity index is 2.15. The molecule has 4 heteroatoms. The van der Waals surface area contributed by atoms with Gasteiger partial charge in [0, 0.05) is 13.8 Å². The zero-order valence-corrected chi connectivity index (χ0v) is 8.62. The van der Waals surface area contributed by atoms with Gasteiger partial charge in [-0.15, -0.1) is 0 Å². The lowest BCUT2D eigenvalue weighted by atomic mass is 9.75. The van der Waals surface area contributed by atoms with Gasteiger partial charge in [-0.2, -0.15) is 0 Å². The van der Waals surface area contributed by atoms with E-state index < -0.39 is 0 Å². The molecular weight excluding hydrogens is 184 g/mol. The standard InChI is InChI=1S/C10H16O4/c1-7(11)13-5-9-3-4-10(9)6-14-8(2)12/h9-10H,3-6H2,1-2H3/t9-,10?/m1/s1. The van der Waals surface area contributed by atoms with Gasteiger partial charge in [-0.1, -0.05) is 0 Å². The summed E-state index contributed by atoms with van der Waals surface area (Å²) in [5.41, 5.74) is 0. The van der Waals surface area contributed by atoms with Crippen LogP contribution in [0.1, 0.15) is 26.7 Å². The van der Waals surface area contributed by atoms with E-state index >= 15 is 0 Å². The maximum Gasteiger partial charge on any atom is 0.302 e. The lowest BCUT2D eigenvalue weighted by molar-refractivity contribution is -0.149. The SMILES string of the molecule is CC(=O)OCC1CC[C@@H]1COC(C)=O. The molecule has 1 rings (SSSR count). The smallest absolute Gasteiger partial charge is 0.302 e. The van der Waals surface area contributed by atoms with Crippen LogP contribution in [0.4, 0.5) is 0 Å². The molecule has 4 nitrogen and oxygen atoms in total. The van der Waals surface area contributed by atoms with Crippen LogP contribution in [0.5, 0.6) is 0 Å². The Morgan fingerprint density at radius 1 is 1.00 bits per heavy atom. The molecule has 0 heterocycles. The van der Waals surface area contributed by atoms with Crippen LogP contribution in [0.25, 0.3) is 0 Å². The lowest BCUT2D eigenvalue weighted by Gasteiger charge is -2.35. The molecule has 0 aromatic rings. The van der Waals surface area contributed by atoms with E-state index in [1.165, 1.54) is 13.8 Å². The molecule has 80 valence electrons. The Labute approximate surface area is 83.6 Å². The van der Waals surface area contributed by atoms with Crippen LogP contribution in [-0.2, 0) is 19.1 Å². The number of carbonyl (C=O) groups is 2. The third kappa shape index (κ3) is 3.36. The molecule has 2 atom stereocenters. The van der Waals surface area contributed by atoms with E-state index in [2.05, 4.69) is 0 Å². The second-order valence-electron chi connectivity index (χ2n) is 3.70. The number of hydrogen-bond donors (Lipinski definition) is 0. The average molecular weight is 200 g/mol. The van der Waals surface area contributed by atoms with E-state index in [4.69, 9.17) is 9.47 Å². The molecule has 14 heavy (non-hydrogen) atoms. The Morgan fingerprint density at radius 3 is 1.57 bits per heavy atom. The quantitative estimate of drug-likeness (QED) is 0.638. The maximum absolute atomic E-state index is 10.6. The lowest BCUT2D eigenvalue weighted by Crippen LogP contribution is -2.34. The topological polar surface area (TPSA) is 52.6 Å². The number of carbonyl (C=O) groups excluding carboxylic acids is 2. The van der Waals surface area contributed by atoms with Crippen molar-refractivity contribution in [3.8, 4) is 0 Å². The fraction of sp³-hybridized carbons (Fsp3) is 0.800. The normalized spacial score (nSPS) is 25.0. The molecule has 1 saturated carbocycles. The molecule has 0 saturated heterocycles. The second kappa shape index (κ2) is 4.98. The molecule has 0 spiro atoms. The van der Waals surface area contributed by atoms with Crippen LogP contribution in [0, 0.1) is 11.8 Å². The molecule has 1 unspecified atom stereocenters. The second-order valence-corrected chi connectivity index (χ2v) is 3.70. The predicted molar refractivity (Wildman–Crippen MR) is 49.5 cm³/mol. The van der Waals surface area contributed by atoms with Gasteiger partial charge in [-0.05, 0) is 24.7 Å². The highest BCUT2D eigenvalue weighted by Crippen LogP contribution is 2.34. The fourth-order valence-corrected chi connectivity index (χ4v) is 1.53. The Bertz CT molecular complexity index is 200. The minimum Gasteiger partial charge on any atom is -0.466 e. The minimum absolute atomic E-state index is 0.247. The monoisotopic (exact) mass is 200 g/mol. The molecule has 1 aliphatic rings. The molecular formula is C10H16O4. The third-order valence-corrected chi connectivity index (χ3v) is 2.58. The first-order valence-corrected chi connectivity index (χ1v) is 4.86. The van der Waals surface area contributed by atoms with E-state index in [-0.39, 0.29) is 11.9 Å². The number of esters is 2. The van der Waals surface area contributed by atoms with Gasteiger partial charge in [-0.3, -0.25) is 9.59 Å². The summed E-state index contributed by atoms with van der Waals surface area (Å²) >= 11 is 0. The van der Waals surface area contributed by atoms with Crippen molar-refractivity contribution in [2.75, 3.05) is 13.2 Å². The largest absolute Gasteiger partial charge is 0.466 e. The molecule has 1 aliphatic carbocycles. The summed E-state index contributed by atoms with van der Waals surface area (Å²) in [6, 6.07) is 0. The van der Waals surface area contributed by atoms with Gasteiger partial charge in [-0.25, -0.2) is 0 Å². The first-order valence-electron chi connectivity index (χ1n) is 4.86. The summed E-state index contributed by atoms with van der Waals surface area (Å²) < 4.78 is 9.81. The molecule has 0 aromatic heterocycles. The Morgan fingerprint density at radius 2 is 1.36 bits per heavy atom. The van der Waals surface area contributed by atoms with Gasteiger partial charge in [0.2, 0.25) is 0 Å². The van der Waals surface area contributed by atoms with E-state index in [9.17, 15) is 9.59 Å². The van der Waals surface area contributed by atoms with Crippen LogP contribution in [0.2, 0.25) is 0 Å². The van der Waals surface area contributed by atoms with Crippen LogP contribution in [0.3, 0.4) is 0 Å². The van der Waals surface area contributed by atoms with E-state index in [1.807, 2.05) is 0 Å². The van der Waals surface area contributed by atoms with Crippen LogP contribution >= 0.6 is 0 Å². The molecule has 0 aliphatic heterocycles. The highest BCUT2D eigenvalue weighted by molar-refractivity contribution is 5.66. The molecule has 0 radical (unpaired) electrons. The highest BCUT2D eigenvalue weighted by Gasteiger charge is 2.32. The van der Waals surface area contributed by atoms with Crippen molar-refractivity contribution in [3.63, 3.8) is 0 Å². The van der Waals surface area contributed by atoms with Crippen molar-refractivity contribution in [3.05, 3.63) is 0 Å². The Hall–Kier alpha value is -1.06. The molecule has 0 amide bonds. The molecule has 0 aromatic carbocycles. The van der Waals surface area contributed by atoms with Crippen LogP contribution in [0.15, 0.2) is 0 Å². The minimum atomic E-state index is -0.247. The van der Waals surface area contributed by atoms with Crippen molar-refractivity contribution in [2.24, 2.45) is 11.8 Å². The summed E-state index contributed by atoms with van der Waals surface area (Å²) in [6.07, 6.45) is 2.11. The summed E-state index contributed by atoms with van der Waals surface area (Å²) in [5, 5.41) is 0. The van der Waals surface area contributed by atoms with Crippen molar-refractivity contribution < 1.29 is 19.1 Å². The highest BCUT2D eigenvalue weighted by atomic mass is 16.5. The van der Waals surface area contributed by atoms with Crippen LogP contribution in [-0.4, -0.2) is 25.2 Å². The summed E-state index contributed by atoms with van der Waals surface area (Å²) in [5.74, 6) is 0.253. The number of ether oxygens (including phenoxy) is 2.